The van der Waals surface area contributed by atoms with E-state index in [2.05, 4.69) is 31.2 Å². The lowest BCUT2D eigenvalue weighted by atomic mass is 9.93. The summed E-state index contributed by atoms with van der Waals surface area (Å²) in [7, 11) is 0. The van der Waals surface area contributed by atoms with E-state index in [1.165, 1.54) is 23.5 Å². The first-order chi connectivity index (χ1) is 11.9. The molecule has 0 fully saturated rings. The number of benzene rings is 1. The maximum atomic E-state index is 13.5. The number of thiazole rings is 1. The summed E-state index contributed by atoms with van der Waals surface area (Å²) in [5.74, 6) is -0.906. The zero-order valence-electron chi connectivity index (χ0n) is 13.5. The predicted octanol–water partition coefficient (Wildman–Crippen LogP) is 3.72. The van der Waals surface area contributed by atoms with E-state index < -0.39 is 12.0 Å². The summed E-state index contributed by atoms with van der Waals surface area (Å²) in [6, 6.07) is 3.56. The van der Waals surface area contributed by atoms with Crippen LogP contribution in [-0.2, 0) is 4.79 Å². The van der Waals surface area contributed by atoms with Crippen molar-refractivity contribution in [1.82, 2.24) is 10.3 Å². The largest absolute Gasteiger partial charge is 0.478 e. The number of amidine groups is 1. The van der Waals surface area contributed by atoms with Crippen LogP contribution in [0.1, 0.15) is 27.9 Å². The Morgan fingerprint density at radius 1 is 1.44 bits per heavy atom. The smallest absolute Gasteiger partial charge is 0.335 e. The highest BCUT2D eigenvalue weighted by molar-refractivity contribution is 9.09. The molecule has 1 atom stereocenters. The van der Waals surface area contributed by atoms with Crippen molar-refractivity contribution in [3.8, 4) is 0 Å². The van der Waals surface area contributed by atoms with Crippen LogP contribution < -0.4 is 5.32 Å². The van der Waals surface area contributed by atoms with Gasteiger partial charge in [0.05, 0.1) is 5.57 Å². The minimum absolute atomic E-state index is 0.142. The second-order valence-corrected chi connectivity index (χ2v) is 7.05. The standard InChI is InChI=1S/C17H15BrFN3O2S/c1-8-5-10(19)3-4-11(8)14-13(17(23)24)12(6-18)21-15(22-14)16-20-9(2)7-25-16/h3-5,7,14H,6H2,1-2H3,(H,21,22)(H,23,24). The predicted molar refractivity (Wildman–Crippen MR) is 98.9 cm³/mol. The van der Waals surface area contributed by atoms with Crippen LogP contribution in [0.3, 0.4) is 0 Å². The molecule has 0 saturated carbocycles. The van der Waals surface area contributed by atoms with E-state index in [-0.39, 0.29) is 11.4 Å². The van der Waals surface area contributed by atoms with Crippen LogP contribution in [-0.4, -0.2) is 27.2 Å². The van der Waals surface area contributed by atoms with Crippen LogP contribution in [0.25, 0.3) is 0 Å². The Morgan fingerprint density at radius 2 is 2.20 bits per heavy atom. The fourth-order valence-electron chi connectivity index (χ4n) is 2.70. The first kappa shape index (κ1) is 17.8. The van der Waals surface area contributed by atoms with Gasteiger partial charge in [0.25, 0.3) is 0 Å². The lowest BCUT2D eigenvalue weighted by molar-refractivity contribution is -0.133. The number of aromatic nitrogens is 1. The molecule has 0 aliphatic carbocycles. The number of nitrogens with one attached hydrogen (secondary N) is 1. The summed E-state index contributed by atoms with van der Waals surface area (Å²) >= 11 is 4.77. The molecule has 2 heterocycles. The number of nitrogens with zero attached hydrogens (tertiary/aromatic N) is 2. The molecule has 0 radical (unpaired) electrons. The second kappa shape index (κ2) is 7.05. The van der Waals surface area contributed by atoms with Crippen LogP contribution in [0.4, 0.5) is 4.39 Å². The molecule has 8 heteroatoms. The average molecular weight is 424 g/mol. The highest BCUT2D eigenvalue weighted by atomic mass is 79.9. The molecule has 0 saturated heterocycles. The van der Waals surface area contributed by atoms with Crippen LogP contribution in [0.2, 0.25) is 0 Å². The van der Waals surface area contributed by atoms with Gasteiger partial charge in [0.2, 0.25) is 0 Å². The molecule has 2 N–H and O–H groups in total. The number of aryl methyl sites for hydroxylation is 2. The maximum Gasteiger partial charge on any atom is 0.335 e. The second-order valence-electron chi connectivity index (χ2n) is 5.63. The summed E-state index contributed by atoms with van der Waals surface area (Å²) < 4.78 is 13.5. The number of aliphatic imine (C=N–C) groups is 1. The van der Waals surface area contributed by atoms with Crippen molar-refractivity contribution in [1.29, 1.82) is 0 Å². The van der Waals surface area contributed by atoms with Gasteiger partial charge in [-0.15, -0.1) is 11.3 Å². The first-order valence-electron chi connectivity index (χ1n) is 7.46. The minimum Gasteiger partial charge on any atom is -0.478 e. The molecule has 2 aromatic rings. The molecule has 3 rings (SSSR count). The van der Waals surface area contributed by atoms with Gasteiger partial charge in [-0.25, -0.2) is 14.2 Å². The summed E-state index contributed by atoms with van der Waals surface area (Å²) in [6.45, 7) is 3.63. The van der Waals surface area contributed by atoms with Crippen LogP contribution >= 0.6 is 27.3 Å². The van der Waals surface area contributed by atoms with Gasteiger partial charge in [-0.1, -0.05) is 22.0 Å². The molecule has 0 spiro atoms. The summed E-state index contributed by atoms with van der Waals surface area (Å²) in [5.41, 5.74) is 2.83. The summed E-state index contributed by atoms with van der Waals surface area (Å²) in [4.78, 5) is 20.9. The molecule has 0 amide bonds. The number of aliphatic carboxylic acids is 1. The lowest BCUT2D eigenvalue weighted by Crippen LogP contribution is -2.34. The number of halogens is 2. The molecule has 1 unspecified atom stereocenters. The number of allylic oxidation sites excluding steroid dienone is 1. The van der Waals surface area contributed by atoms with E-state index in [9.17, 15) is 14.3 Å². The Hall–Kier alpha value is -2.06. The number of alkyl halides is 1. The average Bonchev–Trinajstić information content (AvgIpc) is 3.00. The van der Waals surface area contributed by atoms with Crippen LogP contribution in [0.5, 0.6) is 0 Å². The third kappa shape index (κ3) is 3.50. The third-order valence-electron chi connectivity index (χ3n) is 3.84. The van der Waals surface area contributed by atoms with Crippen LogP contribution in [0.15, 0.2) is 39.8 Å². The van der Waals surface area contributed by atoms with Crippen molar-refractivity contribution in [2.24, 2.45) is 4.99 Å². The highest BCUT2D eigenvalue weighted by Gasteiger charge is 2.32. The summed E-state index contributed by atoms with van der Waals surface area (Å²) in [5, 5.41) is 15.7. The SMILES string of the molecule is Cc1csc(C2=NC(c3ccc(F)cc3C)C(C(=O)O)=C(CBr)N2)n1. The van der Waals surface area contributed by atoms with Gasteiger partial charge in [-0.05, 0) is 37.1 Å². The molecular weight excluding hydrogens is 409 g/mol. The number of carbonyl (C=O) groups is 1. The number of carboxylic acids is 1. The molecule has 1 aromatic carbocycles. The third-order valence-corrected chi connectivity index (χ3v) is 5.37. The van der Waals surface area contributed by atoms with Crippen molar-refractivity contribution in [3.63, 3.8) is 0 Å². The Balaban J connectivity index is 2.16. The maximum absolute atomic E-state index is 13.5. The van der Waals surface area contributed by atoms with Gasteiger partial charge < -0.3 is 10.4 Å². The zero-order chi connectivity index (χ0) is 18.1. The van der Waals surface area contributed by atoms with E-state index in [1.807, 2.05) is 12.3 Å². The van der Waals surface area contributed by atoms with Gasteiger partial charge in [0, 0.05) is 22.1 Å². The zero-order valence-corrected chi connectivity index (χ0v) is 15.9. The van der Waals surface area contributed by atoms with Crippen LogP contribution in [0, 0.1) is 19.7 Å². The van der Waals surface area contributed by atoms with E-state index in [4.69, 9.17) is 0 Å². The lowest BCUT2D eigenvalue weighted by Gasteiger charge is -2.26. The Morgan fingerprint density at radius 3 is 2.76 bits per heavy atom. The number of hydrogen-bond acceptors (Lipinski definition) is 5. The Labute approximate surface area is 156 Å². The fraction of sp³-hybridized carbons (Fsp3) is 0.235. The monoisotopic (exact) mass is 423 g/mol. The number of hydrogen-bond donors (Lipinski definition) is 2. The first-order valence-corrected chi connectivity index (χ1v) is 9.46. The summed E-state index contributed by atoms with van der Waals surface area (Å²) in [6.07, 6.45) is 0. The minimum atomic E-state index is -1.06. The molecule has 25 heavy (non-hydrogen) atoms. The van der Waals surface area contributed by atoms with E-state index in [0.29, 0.717) is 33.0 Å². The van der Waals surface area contributed by atoms with Gasteiger partial charge in [0.15, 0.2) is 10.8 Å². The van der Waals surface area contributed by atoms with E-state index in [0.717, 1.165) is 5.69 Å². The topological polar surface area (TPSA) is 74.6 Å². The fourth-order valence-corrected chi connectivity index (χ4v) is 3.88. The highest BCUT2D eigenvalue weighted by Crippen LogP contribution is 2.34. The Bertz CT molecular complexity index is 907. The molecule has 0 bridgehead atoms. The van der Waals surface area contributed by atoms with Crippen molar-refractivity contribution in [3.05, 3.63) is 62.5 Å². The Kier molecular flexibility index (Phi) is 5.01. The molecule has 1 aliphatic rings. The normalized spacial score (nSPS) is 17.3. The van der Waals surface area contributed by atoms with Gasteiger partial charge in [0.1, 0.15) is 11.9 Å². The van der Waals surface area contributed by atoms with E-state index >= 15 is 0 Å². The van der Waals surface area contributed by atoms with Gasteiger partial charge in [-0.3, -0.25) is 4.99 Å². The quantitative estimate of drug-likeness (QED) is 0.734. The molecule has 5 nitrogen and oxygen atoms in total. The van der Waals surface area contributed by atoms with Crippen molar-refractivity contribution >= 4 is 39.1 Å². The molecule has 1 aliphatic heterocycles. The van der Waals surface area contributed by atoms with Crippen molar-refractivity contribution in [2.75, 3.05) is 5.33 Å². The molecule has 130 valence electrons. The number of rotatable bonds is 4. The van der Waals surface area contributed by atoms with Crippen molar-refractivity contribution < 1.29 is 14.3 Å². The van der Waals surface area contributed by atoms with Gasteiger partial charge >= 0.3 is 5.97 Å². The molecular formula is C17H15BrFN3O2S. The number of carboxylic acid groups (broad SMARTS) is 1. The molecule has 1 aromatic heterocycles. The van der Waals surface area contributed by atoms with Crippen molar-refractivity contribution in [2.45, 2.75) is 19.9 Å². The van der Waals surface area contributed by atoms with Gasteiger partial charge in [-0.2, -0.15) is 0 Å². The van der Waals surface area contributed by atoms with E-state index in [1.54, 1.807) is 13.0 Å².